The Balaban J connectivity index is 1.46. The number of alkyl halides is 3. The van der Waals surface area contributed by atoms with Crippen LogP contribution in [0.5, 0.6) is 0 Å². The van der Waals surface area contributed by atoms with Crippen LogP contribution in [0.1, 0.15) is 28.2 Å². The lowest BCUT2D eigenvalue weighted by Gasteiger charge is -2.19. The predicted octanol–water partition coefficient (Wildman–Crippen LogP) is 5.24. The van der Waals surface area contributed by atoms with Crippen molar-refractivity contribution in [2.24, 2.45) is 0 Å². The van der Waals surface area contributed by atoms with Crippen molar-refractivity contribution in [1.29, 1.82) is 0 Å². The van der Waals surface area contributed by atoms with Crippen LogP contribution >= 0.6 is 0 Å². The number of carboxylic acid groups (broad SMARTS) is 1. The van der Waals surface area contributed by atoms with Crippen LogP contribution in [0.4, 0.5) is 18.0 Å². The number of amides is 1. The molecule has 0 aromatic heterocycles. The summed E-state index contributed by atoms with van der Waals surface area (Å²) in [5, 5.41) is 11.7. The molecule has 0 fully saturated rings. The number of rotatable bonds is 6. The molecule has 0 saturated carbocycles. The molecule has 0 aliphatic heterocycles. The standard InChI is InChI=1S/C25H20F3NO4/c26-25(27,28)21-12-6-1-7-15(21)13-22(23(30)31)29-24(32)33-14-20-18-10-4-2-8-16(18)17-9-3-5-11-19(17)20/h1-12,20,22H,13-14H2,(H,29,32)(H,30,31)/t22-/m0/s1. The average Bonchev–Trinajstić information content (AvgIpc) is 3.10. The zero-order chi connectivity index (χ0) is 23.6. The fourth-order valence-corrected chi connectivity index (χ4v) is 4.18. The Hall–Kier alpha value is -3.81. The summed E-state index contributed by atoms with van der Waals surface area (Å²) in [5.74, 6) is -1.68. The highest BCUT2D eigenvalue weighted by molar-refractivity contribution is 5.81. The highest BCUT2D eigenvalue weighted by Gasteiger charge is 2.35. The monoisotopic (exact) mass is 455 g/mol. The van der Waals surface area contributed by atoms with Crippen LogP contribution in [0.15, 0.2) is 72.8 Å². The number of aliphatic carboxylic acids is 1. The fraction of sp³-hybridized carbons (Fsp3) is 0.200. The van der Waals surface area contributed by atoms with E-state index in [1.165, 1.54) is 18.2 Å². The van der Waals surface area contributed by atoms with Gasteiger partial charge in [0.2, 0.25) is 0 Å². The summed E-state index contributed by atoms with van der Waals surface area (Å²) < 4.78 is 45.0. The number of benzene rings is 3. The number of fused-ring (bicyclic) bond motifs is 3. The number of halogens is 3. The van der Waals surface area contributed by atoms with E-state index in [0.717, 1.165) is 28.3 Å². The number of carboxylic acids is 1. The minimum Gasteiger partial charge on any atom is -0.480 e. The Morgan fingerprint density at radius 1 is 0.909 bits per heavy atom. The molecule has 1 aliphatic carbocycles. The van der Waals surface area contributed by atoms with Crippen LogP contribution in [0.2, 0.25) is 0 Å². The molecule has 0 radical (unpaired) electrons. The summed E-state index contributed by atoms with van der Waals surface area (Å²) in [7, 11) is 0. The molecular weight excluding hydrogens is 435 g/mol. The van der Waals surface area contributed by atoms with Gasteiger partial charge in [0.1, 0.15) is 12.6 Å². The van der Waals surface area contributed by atoms with E-state index in [1.807, 2.05) is 48.5 Å². The quantitative estimate of drug-likeness (QED) is 0.533. The first-order chi connectivity index (χ1) is 15.8. The molecule has 4 rings (SSSR count). The normalized spacial score (nSPS) is 13.7. The third-order valence-electron chi connectivity index (χ3n) is 5.68. The first-order valence-corrected chi connectivity index (χ1v) is 10.2. The van der Waals surface area contributed by atoms with Crippen LogP contribution in [0.25, 0.3) is 11.1 Å². The van der Waals surface area contributed by atoms with Gasteiger partial charge >= 0.3 is 18.2 Å². The molecule has 170 valence electrons. The van der Waals surface area contributed by atoms with E-state index < -0.39 is 36.3 Å². The van der Waals surface area contributed by atoms with Gasteiger partial charge in [0, 0.05) is 12.3 Å². The van der Waals surface area contributed by atoms with Gasteiger partial charge in [0.25, 0.3) is 0 Å². The summed E-state index contributed by atoms with van der Waals surface area (Å²) in [6.07, 6.45) is -6.17. The number of carbonyl (C=O) groups excluding carboxylic acids is 1. The Labute approximate surface area is 187 Å². The minimum absolute atomic E-state index is 0.0364. The fourth-order valence-electron chi connectivity index (χ4n) is 4.18. The Morgan fingerprint density at radius 2 is 1.45 bits per heavy atom. The molecule has 8 heteroatoms. The number of hydrogen-bond donors (Lipinski definition) is 2. The van der Waals surface area contributed by atoms with E-state index in [4.69, 9.17) is 4.74 Å². The molecule has 2 N–H and O–H groups in total. The van der Waals surface area contributed by atoms with E-state index in [0.29, 0.717) is 0 Å². The first kappa shape index (κ1) is 22.4. The molecule has 33 heavy (non-hydrogen) atoms. The van der Waals surface area contributed by atoms with Gasteiger partial charge in [-0.25, -0.2) is 9.59 Å². The van der Waals surface area contributed by atoms with Crippen LogP contribution in [-0.4, -0.2) is 29.8 Å². The highest BCUT2D eigenvalue weighted by atomic mass is 19.4. The van der Waals surface area contributed by atoms with Crippen molar-refractivity contribution in [3.8, 4) is 11.1 Å². The SMILES string of the molecule is O=C(N[C@@H](Cc1ccccc1C(F)(F)F)C(=O)O)OCC1c2ccccc2-c2ccccc21. The molecule has 1 amide bonds. The molecule has 0 bridgehead atoms. The number of ether oxygens (including phenoxy) is 1. The second-order valence-electron chi connectivity index (χ2n) is 7.72. The largest absolute Gasteiger partial charge is 0.480 e. The van der Waals surface area contributed by atoms with Crippen molar-refractivity contribution < 1.29 is 32.6 Å². The van der Waals surface area contributed by atoms with Gasteiger partial charge in [-0.2, -0.15) is 13.2 Å². The molecule has 0 saturated heterocycles. The lowest BCUT2D eigenvalue weighted by atomic mass is 9.98. The number of hydrogen-bond acceptors (Lipinski definition) is 3. The number of nitrogens with one attached hydrogen (secondary N) is 1. The third kappa shape index (κ3) is 4.69. The summed E-state index contributed by atoms with van der Waals surface area (Å²) in [6.45, 7) is -0.0364. The van der Waals surface area contributed by atoms with Gasteiger partial charge in [0.05, 0.1) is 5.56 Å². The van der Waals surface area contributed by atoms with Gasteiger partial charge in [-0.15, -0.1) is 0 Å². The molecule has 3 aromatic rings. The van der Waals surface area contributed by atoms with Crippen molar-refractivity contribution in [1.82, 2.24) is 5.32 Å². The lowest BCUT2D eigenvalue weighted by Crippen LogP contribution is -2.43. The lowest BCUT2D eigenvalue weighted by molar-refractivity contribution is -0.141. The van der Waals surface area contributed by atoms with Crippen LogP contribution < -0.4 is 5.32 Å². The first-order valence-electron chi connectivity index (χ1n) is 10.2. The van der Waals surface area contributed by atoms with Crippen molar-refractivity contribution in [2.75, 3.05) is 6.61 Å². The topological polar surface area (TPSA) is 75.6 Å². The van der Waals surface area contributed by atoms with Crippen molar-refractivity contribution in [3.63, 3.8) is 0 Å². The molecule has 1 aliphatic rings. The molecule has 1 atom stereocenters. The van der Waals surface area contributed by atoms with Crippen LogP contribution in [0, 0.1) is 0 Å². The summed E-state index contributed by atoms with van der Waals surface area (Å²) in [5.41, 5.74) is 2.88. The Bertz CT molecular complexity index is 1150. The average molecular weight is 455 g/mol. The third-order valence-corrected chi connectivity index (χ3v) is 5.68. The van der Waals surface area contributed by atoms with Gasteiger partial charge in [0.15, 0.2) is 0 Å². The smallest absolute Gasteiger partial charge is 0.416 e. The molecule has 0 heterocycles. The Kier molecular flexibility index (Phi) is 6.09. The molecule has 5 nitrogen and oxygen atoms in total. The highest BCUT2D eigenvalue weighted by Crippen LogP contribution is 2.44. The van der Waals surface area contributed by atoms with Crippen molar-refractivity contribution in [3.05, 3.63) is 95.1 Å². The zero-order valence-corrected chi connectivity index (χ0v) is 17.3. The van der Waals surface area contributed by atoms with Crippen molar-refractivity contribution in [2.45, 2.75) is 24.6 Å². The van der Waals surface area contributed by atoms with Crippen LogP contribution in [-0.2, 0) is 22.1 Å². The number of carbonyl (C=O) groups is 2. The molecule has 0 unspecified atom stereocenters. The summed E-state index contributed by atoms with van der Waals surface area (Å²) >= 11 is 0. The van der Waals surface area contributed by atoms with Gasteiger partial charge in [-0.3, -0.25) is 0 Å². The predicted molar refractivity (Wildman–Crippen MR) is 115 cm³/mol. The number of alkyl carbamates (subject to hydrolysis) is 1. The van der Waals surface area contributed by atoms with E-state index >= 15 is 0 Å². The minimum atomic E-state index is -4.64. The van der Waals surface area contributed by atoms with Gasteiger partial charge in [-0.05, 0) is 33.9 Å². The maximum absolute atomic E-state index is 13.2. The van der Waals surface area contributed by atoms with E-state index in [-0.39, 0.29) is 18.1 Å². The van der Waals surface area contributed by atoms with Crippen LogP contribution in [0.3, 0.4) is 0 Å². The zero-order valence-electron chi connectivity index (χ0n) is 17.3. The Morgan fingerprint density at radius 3 is 2.03 bits per heavy atom. The summed E-state index contributed by atoms with van der Waals surface area (Å²) in [4.78, 5) is 24.0. The maximum Gasteiger partial charge on any atom is 0.416 e. The van der Waals surface area contributed by atoms with Gasteiger partial charge < -0.3 is 15.2 Å². The second-order valence-corrected chi connectivity index (χ2v) is 7.72. The van der Waals surface area contributed by atoms with E-state index in [2.05, 4.69) is 5.32 Å². The van der Waals surface area contributed by atoms with Gasteiger partial charge in [-0.1, -0.05) is 66.7 Å². The van der Waals surface area contributed by atoms with E-state index in [1.54, 1.807) is 0 Å². The molecule has 0 spiro atoms. The summed E-state index contributed by atoms with van der Waals surface area (Å²) in [6, 6.07) is 18.5. The van der Waals surface area contributed by atoms with E-state index in [9.17, 15) is 27.9 Å². The molecule has 3 aromatic carbocycles. The maximum atomic E-state index is 13.2. The van der Waals surface area contributed by atoms with Crippen molar-refractivity contribution >= 4 is 12.1 Å². The molecular formula is C25H20F3NO4. The second kappa shape index (κ2) is 8.97.